The summed E-state index contributed by atoms with van der Waals surface area (Å²) in [4.78, 5) is 14.6. The highest BCUT2D eigenvalue weighted by molar-refractivity contribution is 5.87. The number of pyridine rings is 1. The van der Waals surface area contributed by atoms with Gasteiger partial charge in [0.15, 0.2) is 0 Å². The summed E-state index contributed by atoms with van der Waals surface area (Å²) < 4.78 is 0. The van der Waals surface area contributed by atoms with E-state index in [0.29, 0.717) is 5.52 Å². The summed E-state index contributed by atoms with van der Waals surface area (Å²) in [6, 6.07) is 5.29. The van der Waals surface area contributed by atoms with Gasteiger partial charge in [0.05, 0.1) is 5.52 Å². The zero-order valence-corrected chi connectivity index (χ0v) is 9.50. The van der Waals surface area contributed by atoms with Crippen LogP contribution in [0.1, 0.15) is 24.5 Å². The third kappa shape index (κ3) is 1.58. The molecule has 16 heavy (non-hydrogen) atoms. The van der Waals surface area contributed by atoms with E-state index in [1.807, 2.05) is 19.9 Å². The number of hydrogen-bond donors (Lipinski definition) is 2. The maximum Gasteiger partial charge on any atom is 0.251 e. The van der Waals surface area contributed by atoms with E-state index in [-0.39, 0.29) is 11.3 Å². The lowest BCUT2D eigenvalue weighted by Crippen LogP contribution is -2.14. The Labute approximate surface area is 93.7 Å². The highest BCUT2D eigenvalue weighted by Gasteiger charge is 2.09. The van der Waals surface area contributed by atoms with Gasteiger partial charge in [-0.1, -0.05) is 25.5 Å². The Morgan fingerprint density at radius 2 is 2.12 bits per heavy atom. The van der Waals surface area contributed by atoms with Crippen molar-refractivity contribution in [2.24, 2.45) is 0 Å². The minimum absolute atomic E-state index is 0.0895. The van der Waals surface area contributed by atoms with E-state index < -0.39 is 0 Å². The number of para-hydroxylation sites is 1. The molecule has 0 unspecified atom stereocenters. The highest BCUT2D eigenvalue weighted by atomic mass is 16.3. The fourth-order valence-electron chi connectivity index (χ4n) is 2.06. The van der Waals surface area contributed by atoms with Crippen LogP contribution >= 0.6 is 0 Å². The number of H-pyrrole nitrogens is 1. The molecule has 0 spiro atoms. The molecule has 0 aliphatic rings. The van der Waals surface area contributed by atoms with Crippen LogP contribution in [0.2, 0.25) is 0 Å². The second kappa shape index (κ2) is 4.00. The molecule has 3 heteroatoms. The van der Waals surface area contributed by atoms with Gasteiger partial charge in [-0.15, -0.1) is 0 Å². The van der Waals surface area contributed by atoms with E-state index in [2.05, 4.69) is 4.98 Å². The molecule has 0 saturated carbocycles. The van der Waals surface area contributed by atoms with Gasteiger partial charge in [0, 0.05) is 10.9 Å². The molecule has 1 heterocycles. The van der Waals surface area contributed by atoms with Crippen LogP contribution in [0.4, 0.5) is 0 Å². The number of nitrogens with one attached hydrogen (secondary N) is 1. The standard InChI is InChI=1S/C13H15NO2/c1-3-5-10-8(2)9-6-4-7-11(15)12(9)14-13(10)16/h4,6-7,15H,3,5H2,1-2H3,(H,14,16). The molecule has 0 saturated heterocycles. The fraction of sp³-hybridized carbons (Fsp3) is 0.308. The van der Waals surface area contributed by atoms with Crippen LogP contribution in [0.3, 0.4) is 0 Å². The lowest BCUT2D eigenvalue weighted by Gasteiger charge is -2.08. The summed E-state index contributed by atoms with van der Waals surface area (Å²) in [6.07, 6.45) is 1.71. The van der Waals surface area contributed by atoms with Crippen LogP contribution in [0.25, 0.3) is 10.9 Å². The number of aromatic hydroxyl groups is 1. The van der Waals surface area contributed by atoms with Crippen LogP contribution in [-0.2, 0) is 6.42 Å². The van der Waals surface area contributed by atoms with Crippen LogP contribution in [0.15, 0.2) is 23.0 Å². The molecule has 0 bridgehead atoms. The lowest BCUT2D eigenvalue weighted by molar-refractivity contribution is 0.480. The number of hydrogen-bond acceptors (Lipinski definition) is 2. The summed E-state index contributed by atoms with van der Waals surface area (Å²) >= 11 is 0. The van der Waals surface area contributed by atoms with E-state index in [1.54, 1.807) is 12.1 Å². The smallest absolute Gasteiger partial charge is 0.251 e. The molecule has 0 radical (unpaired) electrons. The van der Waals surface area contributed by atoms with Crippen molar-refractivity contribution in [3.05, 3.63) is 39.7 Å². The SMILES string of the molecule is CCCc1c(C)c2cccc(O)c2[nH]c1=O. The molecule has 1 aromatic carbocycles. The Bertz CT molecular complexity index is 584. The average molecular weight is 217 g/mol. The maximum atomic E-state index is 11.8. The number of phenolic OH excluding ortho intramolecular Hbond substituents is 1. The van der Waals surface area contributed by atoms with Gasteiger partial charge in [0.25, 0.3) is 5.56 Å². The Kier molecular flexibility index (Phi) is 2.69. The van der Waals surface area contributed by atoms with Crippen molar-refractivity contribution in [3.8, 4) is 5.75 Å². The van der Waals surface area contributed by atoms with Crippen molar-refractivity contribution in [1.29, 1.82) is 0 Å². The van der Waals surface area contributed by atoms with Gasteiger partial charge in [-0.3, -0.25) is 4.79 Å². The monoisotopic (exact) mass is 217 g/mol. The fourth-order valence-corrected chi connectivity index (χ4v) is 2.06. The number of aromatic nitrogens is 1. The highest BCUT2D eigenvalue weighted by Crippen LogP contribution is 2.25. The number of rotatable bonds is 2. The van der Waals surface area contributed by atoms with Gasteiger partial charge in [-0.2, -0.15) is 0 Å². The molecule has 0 aliphatic heterocycles. The van der Waals surface area contributed by atoms with Crippen LogP contribution < -0.4 is 5.56 Å². The predicted octanol–water partition coefficient (Wildman–Crippen LogP) is 2.49. The summed E-state index contributed by atoms with van der Waals surface area (Å²) in [6.45, 7) is 3.98. The molecule has 3 nitrogen and oxygen atoms in total. The van der Waals surface area contributed by atoms with Crippen molar-refractivity contribution in [2.45, 2.75) is 26.7 Å². The first kappa shape index (κ1) is 10.7. The number of aryl methyl sites for hydroxylation is 1. The minimum Gasteiger partial charge on any atom is -0.506 e. The van der Waals surface area contributed by atoms with Crippen molar-refractivity contribution in [3.63, 3.8) is 0 Å². The van der Waals surface area contributed by atoms with Gasteiger partial charge in [-0.25, -0.2) is 0 Å². The molecule has 2 aromatic rings. The number of fused-ring (bicyclic) bond motifs is 1. The van der Waals surface area contributed by atoms with Crippen molar-refractivity contribution in [2.75, 3.05) is 0 Å². The van der Waals surface area contributed by atoms with E-state index in [4.69, 9.17) is 0 Å². The van der Waals surface area contributed by atoms with Crippen molar-refractivity contribution >= 4 is 10.9 Å². The van der Waals surface area contributed by atoms with E-state index in [1.165, 1.54) is 0 Å². The second-order valence-corrected chi connectivity index (χ2v) is 4.01. The number of aromatic amines is 1. The predicted molar refractivity (Wildman–Crippen MR) is 65.0 cm³/mol. The third-order valence-corrected chi connectivity index (χ3v) is 2.91. The first-order valence-corrected chi connectivity index (χ1v) is 5.48. The Hall–Kier alpha value is -1.77. The topological polar surface area (TPSA) is 53.1 Å². The summed E-state index contributed by atoms with van der Waals surface area (Å²) in [5, 5.41) is 10.6. The summed E-state index contributed by atoms with van der Waals surface area (Å²) in [7, 11) is 0. The lowest BCUT2D eigenvalue weighted by atomic mass is 10.0. The minimum atomic E-state index is -0.0895. The van der Waals surface area contributed by atoms with Gasteiger partial charge in [0.1, 0.15) is 5.75 Å². The molecule has 0 aliphatic carbocycles. The van der Waals surface area contributed by atoms with E-state index >= 15 is 0 Å². The van der Waals surface area contributed by atoms with Crippen molar-refractivity contribution in [1.82, 2.24) is 4.98 Å². The van der Waals surface area contributed by atoms with Crippen LogP contribution in [0, 0.1) is 6.92 Å². The molecule has 0 fully saturated rings. The molecular weight excluding hydrogens is 202 g/mol. The van der Waals surface area contributed by atoms with Gasteiger partial charge >= 0.3 is 0 Å². The normalized spacial score (nSPS) is 10.9. The average Bonchev–Trinajstić information content (AvgIpc) is 2.26. The maximum absolute atomic E-state index is 11.8. The van der Waals surface area contributed by atoms with Crippen LogP contribution in [0.5, 0.6) is 5.75 Å². The molecule has 2 rings (SSSR count). The first-order chi connectivity index (χ1) is 7.65. The van der Waals surface area contributed by atoms with Crippen LogP contribution in [-0.4, -0.2) is 10.1 Å². The summed E-state index contributed by atoms with van der Waals surface area (Å²) in [5.74, 6) is 0.126. The van der Waals surface area contributed by atoms with E-state index in [9.17, 15) is 9.90 Å². The van der Waals surface area contributed by atoms with Gasteiger partial charge in [0.2, 0.25) is 0 Å². The Balaban J connectivity index is 2.84. The third-order valence-electron chi connectivity index (χ3n) is 2.91. The number of benzene rings is 1. The molecular formula is C13H15NO2. The molecule has 0 atom stereocenters. The molecule has 0 amide bonds. The zero-order chi connectivity index (χ0) is 11.7. The second-order valence-electron chi connectivity index (χ2n) is 4.01. The Morgan fingerprint density at radius 1 is 1.38 bits per heavy atom. The zero-order valence-electron chi connectivity index (χ0n) is 9.50. The Morgan fingerprint density at radius 3 is 2.81 bits per heavy atom. The van der Waals surface area contributed by atoms with E-state index in [0.717, 1.165) is 29.4 Å². The molecule has 84 valence electrons. The van der Waals surface area contributed by atoms with Gasteiger partial charge in [-0.05, 0) is 25.0 Å². The van der Waals surface area contributed by atoms with Gasteiger partial charge < -0.3 is 10.1 Å². The first-order valence-electron chi connectivity index (χ1n) is 5.48. The van der Waals surface area contributed by atoms with Crippen molar-refractivity contribution < 1.29 is 5.11 Å². The molecule has 2 N–H and O–H groups in total. The number of phenols is 1. The molecule has 1 aromatic heterocycles. The summed E-state index contributed by atoms with van der Waals surface area (Å²) in [5.41, 5.74) is 2.23. The largest absolute Gasteiger partial charge is 0.506 e. The quantitative estimate of drug-likeness (QED) is 0.812.